The van der Waals surface area contributed by atoms with Crippen LogP contribution in [0.3, 0.4) is 0 Å². The summed E-state index contributed by atoms with van der Waals surface area (Å²) >= 11 is 6.58. The number of ether oxygens (including phenoxy) is 1. The number of hydrogen-bond donors (Lipinski definition) is 2. The van der Waals surface area contributed by atoms with Crippen LogP contribution in [0.4, 0.5) is 15.8 Å². The summed E-state index contributed by atoms with van der Waals surface area (Å²) in [6, 6.07) is 9.86. The quantitative estimate of drug-likeness (QED) is 0.348. The number of rotatable bonds is 6. The molecule has 1 aliphatic heterocycles. The van der Waals surface area contributed by atoms with E-state index in [0.717, 1.165) is 16.5 Å². The smallest absolute Gasteiger partial charge is 0.253 e. The van der Waals surface area contributed by atoms with Crippen molar-refractivity contribution in [3.05, 3.63) is 77.2 Å². The van der Waals surface area contributed by atoms with Crippen LogP contribution < -0.4 is 10.2 Å². The molecule has 2 N–H and O–H groups in total. The molecule has 3 heterocycles. The van der Waals surface area contributed by atoms with E-state index in [4.69, 9.17) is 16.3 Å². The number of pyridine rings is 1. The van der Waals surface area contributed by atoms with Crippen LogP contribution >= 0.6 is 11.6 Å². The average Bonchev–Trinajstić information content (AvgIpc) is 2.90. The first-order valence-electron chi connectivity index (χ1n) is 12.2. The Bertz CT molecular complexity index is 1510. The van der Waals surface area contributed by atoms with Crippen LogP contribution in [0.1, 0.15) is 38.2 Å². The molecule has 1 fully saturated rings. The van der Waals surface area contributed by atoms with Crippen LogP contribution in [-0.4, -0.2) is 45.7 Å². The van der Waals surface area contributed by atoms with E-state index < -0.39 is 17.5 Å². The summed E-state index contributed by atoms with van der Waals surface area (Å²) in [6.07, 6.45) is 4.87. The molecule has 0 saturated carbocycles. The lowest BCUT2D eigenvalue weighted by molar-refractivity contribution is -0.125. The SMILES string of the molecule is C[C@@H](Nc1c(Cl)cnc2ccc(-c3cnc(C(C)(C)O)nc3)cc12)c1cc(N2CCOCC2=O)ccc1F. The maximum absolute atomic E-state index is 15.0. The molecule has 1 amide bonds. The standard InChI is InChI=1S/C28H27ClFN5O3/c1-16(20-11-19(5-6-23(20)30)35-8-9-38-15-25(35)36)34-26-21-10-17(4-7-24(21)31-14-22(26)29)18-12-32-27(33-13-18)28(2,3)37/h4-7,10-14,16,37H,8-9,15H2,1-3H3,(H,31,34)/t16-/m1/s1. The number of nitrogens with zero attached hydrogens (tertiary/aromatic N) is 4. The van der Waals surface area contributed by atoms with E-state index >= 15 is 0 Å². The second-order valence-electron chi connectivity index (χ2n) is 9.74. The summed E-state index contributed by atoms with van der Waals surface area (Å²) in [6.45, 7) is 5.94. The number of aliphatic hydroxyl groups is 1. The Morgan fingerprint density at radius 3 is 2.58 bits per heavy atom. The number of benzene rings is 2. The van der Waals surface area contributed by atoms with Gasteiger partial charge in [0.05, 0.1) is 28.9 Å². The summed E-state index contributed by atoms with van der Waals surface area (Å²) in [5.74, 6) is -0.232. The molecule has 0 bridgehead atoms. The Hall–Kier alpha value is -3.66. The number of morpholine rings is 1. The Morgan fingerprint density at radius 2 is 1.87 bits per heavy atom. The predicted molar refractivity (Wildman–Crippen MR) is 145 cm³/mol. The van der Waals surface area contributed by atoms with Crippen LogP contribution in [0, 0.1) is 5.82 Å². The number of hydrogen-bond acceptors (Lipinski definition) is 7. The summed E-state index contributed by atoms with van der Waals surface area (Å²) in [7, 11) is 0. The number of aromatic nitrogens is 3. The van der Waals surface area contributed by atoms with Gasteiger partial charge in [-0.2, -0.15) is 0 Å². The van der Waals surface area contributed by atoms with Gasteiger partial charge in [-0.1, -0.05) is 17.7 Å². The molecule has 0 aliphatic carbocycles. The van der Waals surface area contributed by atoms with E-state index in [-0.39, 0.29) is 12.5 Å². The fraction of sp³-hybridized carbons (Fsp3) is 0.286. The minimum Gasteiger partial charge on any atom is -0.382 e. The largest absolute Gasteiger partial charge is 0.382 e. The Labute approximate surface area is 224 Å². The second kappa shape index (κ2) is 10.2. The normalized spacial score (nSPS) is 15.1. The molecule has 8 nitrogen and oxygen atoms in total. The zero-order valence-electron chi connectivity index (χ0n) is 21.2. The first-order chi connectivity index (χ1) is 18.1. The van der Waals surface area contributed by atoms with Crippen LogP contribution in [0.15, 0.2) is 55.0 Å². The van der Waals surface area contributed by atoms with Crippen molar-refractivity contribution < 1.29 is 19.0 Å². The zero-order chi connectivity index (χ0) is 27.0. The third kappa shape index (κ3) is 5.18. The van der Waals surface area contributed by atoms with Gasteiger partial charge in [0, 0.05) is 47.3 Å². The molecule has 1 atom stereocenters. The molecule has 5 rings (SSSR count). The molecule has 1 saturated heterocycles. The highest BCUT2D eigenvalue weighted by Gasteiger charge is 2.23. The Balaban J connectivity index is 1.49. The van der Waals surface area contributed by atoms with Crippen molar-refractivity contribution in [2.24, 2.45) is 0 Å². The first-order valence-corrected chi connectivity index (χ1v) is 12.6. The van der Waals surface area contributed by atoms with Crippen molar-refractivity contribution in [1.29, 1.82) is 0 Å². The van der Waals surface area contributed by atoms with Gasteiger partial charge in [0.2, 0.25) is 0 Å². The monoisotopic (exact) mass is 535 g/mol. The van der Waals surface area contributed by atoms with Crippen LogP contribution in [-0.2, 0) is 15.1 Å². The molecular weight excluding hydrogens is 509 g/mol. The molecule has 0 radical (unpaired) electrons. The van der Waals surface area contributed by atoms with E-state index in [1.54, 1.807) is 49.5 Å². The summed E-state index contributed by atoms with van der Waals surface area (Å²) < 4.78 is 20.2. The zero-order valence-corrected chi connectivity index (χ0v) is 22.0. The molecule has 1 aliphatic rings. The average molecular weight is 536 g/mol. The van der Waals surface area contributed by atoms with E-state index in [9.17, 15) is 14.3 Å². The number of anilines is 2. The van der Waals surface area contributed by atoms with E-state index in [1.807, 2.05) is 25.1 Å². The van der Waals surface area contributed by atoms with Gasteiger partial charge in [-0.15, -0.1) is 0 Å². The first kappa shape index (κ1) is 26.0. The third-order valence-electron chi connectivity index (χ3n) is 6.46. The van der Waals surface area contributed by atoms with Crippen LogP contribution in [0.25, 0.3) is 22.0 Å². The van der Waals surface area contributed by atoms with Crippen LogP contribution in [0.2, 0.25) is 5.02 Å². The number of nitrogens with one attached hydrogen (secondary N) is 1. The minimum atomic E-state index is -1.14. The number of carbonyl (C=O) groups excluding carboxylic acids is 1. The summed E-state index contributed by atoms with van der Waals surface area (Å²) in [4.78, 5) is 26.9. The van der Waals surface area contributed by atoms with Crippen molar-refractivity contribution in [3.8, 4) is 11.1 Å². The molecule has 4 aromatic rings. The van der Waals surface area contributed by atoms with Gasteiger partial charge >= 0.3 is 0 Å². The number of carbonyl (C=O) groups is 1. The molecular formula is C28H27ClFN5O3. The topological polar surface area (TPSA) is 100 Å². The van der Waals surface area contributed by atoms with Crippen LogP contribution in [0.5, 0.6) is 0 Å². The van der Waals surface area contributed by atoms with E-state index in [0.29, 0.717) is 46.5 Å². The fourth-order valence-electron chi connectivity index (χ4n) is 4.40. The Kier molecular flexibility index (Phi) is 7.00. The number of fused-ring (bicyclic) bond motifs is 1. The number of halogens is 2. The maximum Gasteiger partial charge on any atom is 0.253 e. The highest BCUT2D eigenvalue weighted by molar-refractivity contribution is 6.34. The molecule has 196 valence electrons. The Morgan fingerprint density at radius 1 is 1.11 bits per heavy atom. The van der Waals surface area contributed by atoms with Gasteiger partial charge in [0.1, 0.15) is 18.0 Å². The lowest BCUT2D eigenvalue weighted by Gasteiger charge is -2.28. The van der Waals surface area contributed by atoms with Gasteiger partial charge in [-0.3, -0.25) is 9.78 Å². The lowest BCUT2D eigenvalue weighted by Crippen LogP contribution is -2.41. The van der Waals surface area contributed by atoms with Crippen molar-refractivity contribution in [2.45, 2.75) is 32.4 Å². The molecule has 0 unspecified atom stereocenters. The van der Waals surface area contributed by atoms with Crippen molar-refractivity contribution >= 4 is 39.8 Å². The maximum atomic E-state index is 15.0. The minimum absolute atomic E-state index is 0.00693. The highest BCUT2D eigenvalue weighted by Crippen LogP contribution is 2.36. The highest BCUT2D eigenvalue weighted by atomic mass is 35.5. The summed E-state index contributed by atoms with van der Waals surface area (Å²) in [5.41, 5.74) is 2.77. The summed E-state index contributed by atoms with van der Waals surface area (Å²) in [5, 5.41) is 14.6. The molecule has 2 aromatic heterocycles. The lowest BCUT2D eigenvalue weighted by atomic mass is 10.0. The molecule has 10 heteroatoms. The van der Waals surface area contributed by atoms with Gasteiger partial charge in [0.15, 0.2) is 5.82 Å². The predicted octanol–water partition coefficient (Wildman–Crippen LogP) is 5.25. The van der Waals surface area contributed by atoms with Gasteiger partial charge in [-0.05, 0) is 56.7 Å². The van der Waals surface area contributed by atoms with E-state index in [2.05, 4.69) is 20.3 Å². The van der Waals surface area contributed by atoms with Gasteiger partial charge < -0.3 is 20.1 Å². The molecule has 2 aromatic carbocycles. The van der Waals surface area contributed by atoms with Crippen molar-refractivity contribution in [1.82, 2.24) is 15.0 Å². The van der Waals surface area contributed by atoms with Crippen molar-refractivity contribution in [3.63, 3.8) is 0 Å². The van der Waals surface area contributed by atoms with Gasteiger partial charge in [0.25, 0.3) is 5.91 Å². The van der Waals surface area contributed by atoms with E-state index in [1.165, 1.54) is 6.07 Å². The molecule has 0 spiro atoms. The fourth-order valence-corrected chi connectivity index (χ4v) is 4.61. The third-order valence-corrected chi connectivity index (χ3v) is 6.75. The van der Waals surface area contributed by atoms with Crippen molar-refractivity contribution in [2.75, 3.05) is 30.0 Å². The second-order valence-corrected chi connectivity index (χ2v) is 10.1. The number of amides is 1. The van der Waals surface area contributed by atoms with Gasteiger partial charge in [-0.25, -0.2) is 14.4 Å². The molecule has 38 heavy (non-hydrogen) atoms.